The molecule has 0 aromatic heterocycles. The van der Waals surface area contributed by atoms with Crippen molar-refractivity contribution < 1.29 is 4.79 Å². The Morgan fingerprint density at radius 2 is 2.33 bits per heavy atom. The van der Waals surface area contributed by atoms with E-state index < -0.39 is 0 Å². The fourth-order valence-corrected chi connectivity index (χ4v) is 0.627. The molecule has 0 bridgehead atoms. The van der Waals surface area contributed by atoms with Gasteiger partial charge in [-0.3, -0.25) is 4.90 Å². The monoisotopic (exact) mass is 128 g/mol. The van der Waals surface area contributed by atoms with Crippen molar-refractivity contribution in [1.82, 2.24) is 4.90 Å². The highest BCUT2D eigenvalue weighted by molar-refractivity contribution is 5.57. The molecule has 0 heterocycles. The maximum Gasteiger partial charge on any atom is 0.137 e. The number of rotatable bonds is 4. The number of aldehydes is 1. The van der Waals surface area contributed by atoms with E-state index in [0.29, 0.717) is 6.42 Å². The third-order valence-electron chi connectivity index (χ3n) is 1.52. The lowest BCUT2D eigenvalue weighted by Crippen LogP contribution is -2.31. The second-order valence-electron chi connectivity index (χ2n) is 2.07. The van der Waals surface area contributed by atoms with Crippen LogP contribution in [0.4, 0.5) is 0 Å². The summed E-state index contributed by atoms with van der Waals surface area (Å²) in [6.45, 7) is 6.57. The standard InChI is InChI=1S/C7H14NO/c1-4-7(6-9)8(3)5-2/h6-7H,1,4-5H2,2-3H3. The minimum absolute atomic E-state index is 0.00926. The lowest BCUT2D eigenvalue weighted by atomic mass is 10.2. The van der Waals surface area contributed by atoms with Crippen molar-refractivity contribution in [1.29, 1.82) is 0 Å². The molecule has 0 aromatic rings. The molecule has 0 aliphatic heterocycles. The van der Waals surface area contributed by atoms with Crippen molar-refractivity contribution in [2.75, 3.05) is 13.6 Å². The topological polar surface area (TPSA) is 20.3 Å². The molecule has 0 N–H and O–H groups in total. The SMILES string of the molecule is [CH2]CC(C=O)N(C)CC. The van der Waals surface area contributed by atoms with Crippen LogP contribution < -0.4 is 0 Å². The first kappa shape index (κ1) is 8.63. The number of carbonyl (C=O) groups is 1. The smallest absolute Gasteiger partial charge is 0.137 e. The van der Waals surface area contributed by atoms with Gasteiger partial charge in [-0.15, -0.1) is 0 Å². The molecule has 0 fully saturated rings. The van der Waals surface area contributed by atoms with Gasteiger partial charge >= 0.3 is 0 Å². The van der Waals surface area contributed by atoms with Crippen LogP contribution >= 0.6 is 0 Å². The first-order valence-corrected chi connectivity index (χ1v) is 3.21. The van der Waals surface area contributed by atoms with Crippen molar-refractivity contribution >= 4 is 6.29 Å². The largest absolute Gasteiger partial charge is 0.302 e. The van der Waals surface area contributed by atoms with Crippen molar-refractivity contribution in [3.8, 4) is 0 Å². The Balaban J connectivity index is 3.63. The fourth-order valence-electron chi connectivity index (χ4n) is 0.627. The minimum atomic E-state index is 0.00926. The molecular weight excluding hydrogens is 114 g/mol. The summed E-state index contributed by atoms with van der Waals surface area (Å²) in [5.41, 5.74) is 0. The maximum atomic E-state index is 10.3. The zero-order valence-corrected chi connectivity index (χ0v) is 6.13. The molecule has 0 amide bonds. The second-order valence-corrected chi connectivity index (χ2v) is 2.07. The molecule has 0 rings (SSSR count). The molecule has 0 spiro atoms. The molecule has 0 aliphatic rings. The van der Waals surface area contributed by atoms with Crippen LogP contribution in [-0.2, 0) is 4.79 Å². The summed E-state index contributed by atoms with van der Waals surface area (Å²) < 4.78 is 0. The Morgan fingerprint density at radius 3 is 2.44 bits per heavy atom. The lowest BCUT2D eigenvalue weighted by molar-refractivity contribution is -0.111. The van der Waals surface area contributed by atoms with Crippen molar-refractivity contribution in [2.24, 2.45) is 0 Å². The third kappa shape index (κ3) is 2.61. The van der Waals surface area contributed by atoms with E-state index in [1.54, 1.807) is 0 Å². The van der Waals surface area contributed by atoms with Crippen LogP contribution in [0.1, 0.15) is 13.3 Å². The van der Waals surface area contributed by atoms with Crippen molar-refractivity contribution in [3.63, 3.8) is 0 Å². The number of hydrogen-bond acceptors (Lipinski definition) is 2. The van der Waals surface area contributed by atoms with E-state index in [0.717, 1.165) is 12.8 Å². The Hall–Kier alpha value is -0.370. The van der Waals surface area contributed by atoms with Crippen LogP contribution in [0.25, 0.3) is 0 Å². The first-order chi connectivity index (χ1) is 4.26. The van der Waals surface area contributed by atoms with Gasteiger partial charge in [0.15, 0.2) is 0 Å². The predicted molar refractivity (Wildman–Crippen MR) is 38.1 cm³/mol. The van der Waals surface area contributed by atoms with Crippen LogP contribution in [0.15, 0.2) is 0 Å². The van der Waals surface area contributed by atoms with Crippen molar-refractivity contribution in [3.05, 3.63) is 6.92 Å². The van der Waals surface area contributed by atoms with Gasteiger partial charge in [0.2, 0.25) is 0 Å². The number of likely N-dealkylation sites (N-methyl/N-ethyl adjacent to an activating group) is 1. The minimum Gasteiger partial charge on any atom is -0.302 e. The summed E-state index contributed by atoms with van der Waals surface area (Å²) in [5, 5.41) is 0. The van der Waals surface area contributed by atoms with Gasteiger partial charge in [0.25, 0.3) is 0 Å². The highest BCUT2D eigenvalue weighted by atomic mass is 16.1. The molecule has 9 heavy (non-hydrogen) atoms. The third-order valence-corrected chi connectivity index (χ3v) is 1.52. The van der Waals surface area contributed by atoms with Crippen molar-refractivity contribution in [2.45, 2.75) is 19.4 Å². The molecule has 1 radical (unpaired) electrons. The van der Waals surface area contributed by atoms with Crippen LogP contribution in [0, 0.1) is 6.92 Å². The number of hydrogen-bond donors (Lipinski definition) is 0. The molecule has 2 nitrogen and oxygen atoms in total. The van der Waals surface area contributed by atoms with Crippen LogP contribution in [0.3, 0.4) is 0 Å². The summed E-state index contributed by atoms with van der Waals surface area (Å²) in [6, 6.07) is 0.00926. The van der Waals surface area contributed by atoms with E-state index >= 15 is 0 Å². The highest BCUT2D eigenvalue weighted by Crippen LogP contribution is 1.95. The Morgan fingerprint density at radius 1 is 1.78 bits per heavy atom. The molecule has 1 unspecified atom stereocenters. The van der Waals surface area contributed by atoms with E-state index in [1.807, 2.05) is 18.9 Å². The molecule has 2 heteroatoms. The van der Waals surface area contributed by atoms with Gasteiger partial charge in [-0.05, 0) is 20.0 Å². The van der Waals surface area contributed by atoms with Gasteiger partial charge in [0, 0.05) is 0 Å². The van der Waals surface area contributed by atoms with E-state index in [9.17, 15) is 4.79 Å². The Kier molecular flexibility index (Phi) is 4.32. The van der Waals surface area contributed by atoms with Gasteiger partial charge in [0.1, 0.15) is 6.29 Å². The molecule has 0 aromatic carbocycles. The van der Waals surface area contributed by atoms with Crippen LogP contribution in [-0.4, -0.2) is 30.8 Å². The quantitative estimate of drug-likeness (QED) is 0.520. The van der Waals surface area contributed by atoms with Gasteiger partial charge < -0.3 is 4.79 Å². The van der Waals surface area contributed by atoms with E-state index in [1.165, 1.54) is 0 Å². The molecule has 0 saturated carbocycles. The summed E-state index contributed by atoms with van der Waals surface area (Å²) in [4.78, 5) is 12.2. The predicted octanol–water partition coefficient (Wildman–Crippen LogP) is 0.730. The fraction of sp³-hybridized carbons (Fsp3) is 0.714. The molecule has 0 saturated heterocycles. The Bertz CT molecular complexity index is 83.0. The van der Waals surface area contributed by atoms with Gasteiger partial charge in [0.05, 0.1) is 6.04 Å². The van der Waals surface area contributed by atoms with Crippen LogP contribution in [0.5, 0.6) is 0 Å². The zero-order valence-electron chi connectivity index (χ0n) is 6.13. The summed E-state index contributed by atoms with van der Waals surface area (Å²) >= 11 is 0. The van der Waals surface area contributed by atoms with Gasteiger partial charge in [-0.2, -0.15) is 0 Å². The summed E-state index contributed by atoms with van der Waals surface area (Å²) in [6.07, 6.45) is 1.60. The summed E-state index contributed by atoms with van der Waals surface area (Å²) in [5.74, 6) is 0. The summed E-state index contributed by atoms with van der Waals surface area (Å²) in [7, 11) is 1.92. The van der Waals surface area contributed by atoms with E-state index in [-0.39, 0.29) is 6.04 Å². The average molecular weight is 128 g/mol. The van der Waals surface area contributed by atoms with E-state index in [4.69, 9.17) is 0 Å². The average Bonchev–Trinajstić information content (AvgIpc) is 1.90. The molecule has 0 aliphatic carbocycles. The normalized spacial score (nSPS) is 13.8. The Labute approximate surface area is 56.9 Å². The van der Waals surface area contributed by atoms with Gasteiger partial charge in [-0.1, -0.05) is 13.8 Å². The second kappa shape index (κ2) is 4.50. The zero-order chi connectivity index (χ0) is 7.28. The van der Waals surface area contributed by atoms with E-state index in [2.05, 4.69) is 6.92 Å². The number of nitrogens with zero attached hydrogens (tertiary/aromatic N) is 1. The highest BCUT2D eigenvalue weighted by Gasteiger charge is 2.07. The van der Waals surface area contributed by atoms with Crippen LogP contribution in [0.2, 0.25) is 0 Å². The molecule has 1 atom stereocenters. The lowest BCUT2D eigenvalue weighted by Gasteiger charge is -2.19. The molecular formula is C7H14NO. The maximum absolute atomic E-state index is 10.3. The van der Waals surface area contributed by atoms with Gasteiger partial charge in [-0.25, -0.2) is 0 Å². The molecule has 53 valence electrons. The number of carbonyl (C=O) groups excluding carboxylic acids is 1. The first-order valence-electron chi connectivity index (χ1n) is 3.21.